The zero-order valence-corrected chi connectivity index (χ0v) is 17.0. The predicted molar refractivity (Wildman–Crippen MR) is 111 cm³/mol. The Morgan fingerprint density at radius 2 is 1.97 bits per heavy atom. The van der Waals surface area contributed by atoms with Gasteiger partial charge in [-0.2, -0.15) is 13.2 Å². The first-order valence-electron chi connectivity index (χ1n) is 11.2. The van der Waals surface area contributed by atoms with E-state index in [0.717, 1.165) is 31.5 Å². The van der Waals surface area contributed by atoms with Crippen molar-refractivity contribution < 1.29 is 17.9 Å². The fraction of sp³-hybridized carbons (Fsp3) is 0.583. The number of alkyl halides is 3. The summed E-state index contributed by atoms with van der Waals surface area (Å²) in [7, 11) is 0. The molecule has 1 aromatic rings. The maximum atomic E-state index is 13.4. The highest BCUT2D eigenvalue weighted by Crippen LogP contribution is 2.49. The van der Waals surface area contributed by atoms with Gasteiger partial charge in [0.05, 0.1) is 17.8 Å². The summed E-state index contributed by atoms with van der Waals surface area (Å²) < 4.78 is 46.7. The minimum atomic E-state index is -4.35. The molecule has 3 nitrogen and oxygen atoms in total. The summed E-state index contributed by atoms with van der Waals surface area (Å²) >= 11 is 0. The van der Waals surface area contributed by atoms with Crippen molar-refractivity contribution in [1.29, 1.82) is 0 Å². The number of benzene rings is 1. The Morgan fingerprint density at radius 1 is 1.10 bits per heavy atom. The third-order valence-electron chi connectivity index (χ3n) is 7.23. The summed E-state index contributed by atoms with van der Waals surface area (Å²) in [5, 5.41) is 7.16. The predicted octanol–water partition coefficient (Wildman–Crippen LogP) is 5.61. The van der Waals surface area contributed by atoms with E-state index in [1.165, 1.54) is 31.4 Å². The van der Waals surface area contributed by atoms with Crippen LogP contribution < -0.4 is 10.6 Å². The maximum Gasteiger partial charge on any atom is 0.416 e. The topological polar surface area (TPSA) is 33.3 Å². The van der Waals surface area contributed by atoms with Gasteiger partial charge in [0.15, 0.2) is 0 Å². The molecule has 1 saturated heterocycles. The lowest BCUT2D eigenvalue weighted by Crippen LogP contribution is -2.49. The van der Waals surface area contributed by atoms with Crippen molar-refractivity contribution in [2.45, 2.75) is 69.0 Å². The summed E-state index contributed by atoms with van der Waals surface area (Å²) in [6.45, 7) is 0.784. The van der Waals surface area contributed by atoms with E-state index in [1.807, 2.05) is 0 Å². The van der Waals surface area contributed by atoms with Crippen LogP contribution in [-0.2, 0) is 10.9 Å². The van der Waals surface area contributed by atoms with Crippen molar-refractivity contribution in [3.05, 3.63) is 53.6 Å². The van der Waals surface area contributed by atoms with Gasteiger partial charge in [-0.05, 0) is 50.3 Å². The number of hydrogen-bond donors (Lipinski definition) is 2. The van der Waals surface area contributed by atoms with Crippen molar-refractivity contribution >= 4 is 5.69 Å². The molecule has 0 amide bonds. The molecule has 0 bridgehead atoms. The van der Waals surface area contributed by atoms with E-state index in [1.54, 1.807) is 6.07 Å². The Bertz CT molecular complexity index is 830. The van der Waals surface area contributed by atoms with Crippen LogP contribution >= 0.6 is 0 Å². The zero-order chi connectivity index (χ0) is 20.7. The van der Waals surface area contributed by atoms with Gasteiger partial charge in [0, 0.05) is 41.7 Å². The molecule has 0 radical (unpaired) electrons. The van der Waals surface area contributed by atoms with E-state index in [-0.39, 0.29) is 24.2 Å². The molecule has 4 aliphatic rings. The smallest absolute Gasteiger partial charge is 0.381 e. The molecule has 1 saturated carbocycles. The lowest BCUT2D eigenvalue weighted by atomic mass is 9.73. The molecule has 2 fully saturated rings. The first-order valence-corrected chi connectivity index (χ1v) is 11.2. The Kier molecular flexibility index (Phi) is 5.40. The van der Waals surface area contributed by atoms with Crippen molar-refractivity contribution in [2.24, 2.45) is 11.8 Å². The highest BCUT2D eigenvalue weighted by molar-refractivity contribution is 5.58. The first-order chi connectivity index (χ1) is 14.5. The number of rotatable bonds is 4. The van der Waals surface area contributed by atoms with Gasteiger partial charge in [-0.3, -0.25) is 0 Å². The van der Waals surface area contributed by atoms with Crippen LogP contribution in [0.15, 0.2) is 42.5 Å². The maximum absolute atomic E-state index is 13.4. The van der Waals surface area contributed by atoms with Gasteiger partial charge in [0.25, 0.3) is 0 Å². The SMILES string of the molecule is FC(F)(F)c1ccc2c(c1)[C@H]1O[C@@H](CNC3CCC3)CC[C@H]1[C@H](C1C=CC=CC1)N2. The molecule has 0 spiro atoms. The summed E-state index contributed by atoms with van der Waals surface area (Å²) in [6, 6.07) is 4.81. The molecule has 2 N–H and O–H groups in total. The van der Waals surface area contributed by atoms with Crippen molar-refractivity contribution in [2.75, 3.05) is 11.9 Å². The van der Waals surface area contributed by atoms with Crippen molar-refractivity contribution in [3.8, 4) is 0 Å². The van der Waals surface area contributed by atoms with E-state index in [0.29, 0.717) is 17.5 Å². The van der Waals surface area contributed by atoms with Crippen LogP contribution in [0.3, 0.4) is 0 Å². The van der Waals surface area contributed by atoms with Crippen LogP contribution in [0, 0.1) is 11.8 Å². The van der Waals surface area contributed by atoms with Gasteiger partial charge in [-0.15, -0.1) is 0 Å². The summed E-state index contributed by atoms with van der Waals surface area (Å²) in [5.74, 6) is 0.494. The summed E-state index contributed by atoms with van der Waals surface area (Å²) in [4.78, 5) is 0. The third kappa shape index (κ3) is 3.92. The lowest BCUT2D eigenvalue weighted by Gasteiger charge is -2.48. The van der Waals surface area contributed by atoms with Crippen LogP contribution in [0.2, 0.25) is 0 Å². The molecular weight excluding hydrogens is 389 g/mol. The van der Waals surface area contributed by atoms with Crippen LogP contribution in [-0.4, -0.2) is 24.7 Å². The molecule has 0 aromatic heterocycles. The second-order valence-electron chi connectivity index (χ2n) is 9.14. The average Bonchev–Trinajstić information content (AvgIpc) is 2.71. The zero-order valence-electron chi connectivity index (χ0n) is 17.0. The molecule has 6 heteroatoms. The minimum absolute atomic E-state index is 0.0507. The lowest BCUT2D eigenvalue weighted by molar-refractivity contribution is -0.138. The van der Waals surface area contributed by atoms with Gasteiger partial charge in [-0.1, -0.05) is 30.7 Å². The molecule has 2 aliphatic heterocycles. The quantitative estimate of drug-likeness (QED) is 0.667. The molecular formula is C24H29F3N2O. The Hall–Kier alpha value is -1.79. The Morgan fingerprint density at radius 3 is 2.67 bits per heavy atom. The van der Waals surface area contributed by atoms with Gasteiger partial charge >= 0.3 is 6.18 Å². The molecule has 5 rings (SSSR count). The van der Waals surface area contributed by atoms with E-state index < -0.39 is 11.7 Å². The summed E-state index contributed by atoms with van der Waals surface area (Å²) in [5.41, 5.74) is 0.846. The molecule has 5 atom stereocenters. The molecule has 1 aromatic carbocycles. The van der Waals surface area contributed by atoms with Gasteiger partial charge in [0.1, 0.15) is 0 Å². The molecule has 2 aliphatic carbocycles. The monoisotopic (exact) mass is 418 g/mol. The highest BCUT2D eigenvalue weighted by atomic mass is 19.4. The van der Waals surface area contributed by atoms with Crippen LogP contribution in [0.4, 0.5) is 18.9 Å². The van der Waals surface area contributed by atoms with E-state index in [9.17, 15) is 13.2 Å². The van der Waals surface area contributed by atoms with Gasteiger partial charge < -0.3 is 15.4 Å². The number of allylic oxidation sites excluding steroid dienone is 3. The Labute approximate surface area is 175 Å². The first kappa shape index (κ1) is 20.1. The molecule has 1 unspecified atom stereocenters. The fourth-order valence-electron chi connectivity index (χ4n) is 5.32. The fourth-order valence-corrected chi connectivity index (χ4v) is 5.32. The van der Waals surface area contributed by atoms with Gasteiger partial charge in [0.2, 0.25) is 0 Å². The Balaban J connectivity index is 1.42. The van der Waals surface area contributed by atoms with Crippen LogP contribution in [0.25, 0.3) is 0 Å². The van der Waals surface area contributed by atoms with E-state index >= 15 is 0 Å². The standard InChI is InChI=1S/C24H29F3N2O/c25-24(26,27)16-9-12-21-20(13-16)23-19(22(29-21)15-5-2-1-3-6-15)11-10-18(30-23)14-28-17-7-4-8-17/h1-3,5,9,12-13,15,17-19,22-23,28-29H,4,6-8,10-11,14H2/t15?,18-,19+,22+,23+/m1/s1. The van der Waals surface area contributed by atoms with Crippen molar-refractivity contribution in [3.63, 3.8) is 0 Å². The second kappa shape index (κ2) is 8.04. The van der Waals surface area contributed by atoms with Gasteiger partial charge in [-0.25, -0.2) is 0 Å². The minimum Gasteiger partial charge on any atom is -0.381 e. The largest absolute Gasteiger partial charge is 0.416 e. The van der Waals surface area contributed by atoms with E-state index in [2.05, 4.69) is 34.9 Å². The number of halogens is 3. The number of nitrogens with one attached hydrogen (secondary N) is 2. The normalized spacial score (nSPS) is 33.4. The number of ether oxygens (including phenoxy) is 1. The summed E-state index contributed by atoms with van der Waals surface area (Å²) in [6.07, 6.45) is 10.5. The van der Waals surface area contributed by atoms with Crippen LogP contribution in [0.1, 0.15) is 55.8 Å². The number of fused-ring (bicyclic) bond motifs is 3. The van der Waals surface area contributed by atoms with Crippen LogP contribution in [0.5, 0.6) is 0 Å². The highest BCUT2D eigenvalue weighted by Gasteiger charge is 2.45. The molecule has 2 heterocycles. The molecule has 162 valence electrons. The third-order valence-corrected chi connectivity index (χ3v) is 7.23. The second-order valence-corrected chi connectivity index (χ2v) is 9.14. The molecule has 30 heavy (non-hydrogen) atoms. The van der Waals surface area contributed by atoms with Crippen molar-refractivity contribution in [1.82, 2.24) is 5.32 Å². The number of anilines is 1. The average molecular weight is 419 g/mol. The number of hydrogen-bond acceptors (Lipinski definition) is 3. The van der Waals surface area contributed by atoms with E-state index in [4.69, 9.17) is 4.74 Å².